The number of carboxylic acid groups (broad SMARTS) is 1. The van der Waals surface area contributed by atoms with E-state index in [9.17, 15) is 105 Å². The highest BCUT2D eigenvalue weighted by Crippen LogP contribution is 2.41. The maximum Gasteiger partial charge on any atom is 0.387 e. The van der Waals surface area contributed by atoms with Crippen LogP contribution in [0.5, 0.6) is 11.5 Å². The Hall–Kier alpha value is -10.6. The molecule has 50 heteroatoms. The molecule has 0 radical (unpaired) electrons. The van der Waals surface area contributed by atoms with E-state index in [1.54, 1.807) is 41.5 Å². The highest BCUT2D eigenvalue weighted by molar-refractivity contribution is 7.92. The quantitative estimate of drug-likeness (QED) is 0.00953. The number of carbonyl (C=O) groups is 12. The van der Waals surface area contributed by atoms with Crippen LogP contribution in [0.15, 0.2) is 103 Å². The number of piperidine rings is 4. The van der Waals surface area contributed by atoms with Gasteiger partial charge in [0.05, 0.1) is 92.7 Å². The molecule has 5 aromatic carbocycles. The van der Waals surface area contributed by atoms with Gasteiger partial charge < -0.3 is 53.6 Å². The van der Waals surface area contributed by atoms with Gasteiger partial charge in [0.1, 0.15) is 53.5 Å². The number of carboxylic acids is 1. The van der Waals surface area contributed by atoms with Gasteiger partial charge in [0.2, 0.25) is 30.1 Å². The van der Waals surface area contributed by atoms with Crippen molar-refractivity contribution in [2.45, 2.75) is 168 Å². The molecule has 1 aromatic heterocycles. The van der Waals surface area contributed by atoms with Gasteiger partial charge in [-0.25, -0.2) is 33.7 Å². The second-order valence-corrected chi connectivity index (χ2v) is 48.2. The molecule has 15 rings (SSSR count). The summed E-state index contributed by atoms with van der Waals surface area (Å²) in [5, 5.41) is 20.7. The summed E-state index contributed by atoms with van der Waals surface area (Å²) in [6.45, 7) is 16.1. The van der Waals surface area contributed by atoms with Crippen LogP contribution in [0.25, 0.3) is 0 Å². The molecule has 4 saturated heterocycles. The smallest absolute Gasteiger partial charge is 0.387 e. The zero-order chi connectivity index (χ0) is 108. The van der Waals surface area contributed by atoms with Crippen LogP contribution in [0, 0.1) is 11.1 Å². The number of hydrogen-bond acceptors (Lipinski definition) is 30. The van der Waals surface area contributed by atoms with E-state index in [2.05, 4.69) is 24.3 Å². The number of anilines is 3. The third-order valence-electron chi connectivity index (χ3n) is 24.9. The number of fused-ring (bicyclic) bond motifs is 4. The van der Waals surface area contributed by atoms with Crippen LogP contribution in [0.3, 0.4) is 0 Å². The number of halogens is 7. The summed E-state index contributed by atoms with van der Waals surface area (Å²) in [5.41, 5.74) is 0.735. The predicted molar refractivity (Wildman–Crippen MR) is 557 cm³/mol. The van der Waals surface area contributed by atoms with Gasteiger partial charge in [0.15, 0.2) is 33.7 Å². The van der Waals surface area contributed by atoms with Crippen LogP contribution >= 0.6 is 59.6 Å². The second-order valence-electron chi connectivity index (χ2n) is 39.1. The highest BCUT2D eigenvalue weighted by atomic mass is 35.5. The van der Waals surface area contributed by atoms with Gasteiger partial charge in [-0.3, -0.25) is 90.0 Å². The molecule has 1 saturated carbocycles. The SMILES string of the molecule is CC(C)(C)OC(=O)CN1C(=O)c2ccc(CS(C)(=O)=O)cc2C1=O.CC(C)(C)OC(=O)CN1C(=O)c2ccc(N(CCN3CCCCC3)S(C)(=O)=O)cc2C1=O.CS(=O)(=O)N(CCN1CCCCC1)c1ccc2c(c1)C(=O)N(CC(=O)O)C2=O.CS(=O)(=O)N(CCN1CCCCC1)c1ccc2c(c1)C(=O)N(CC(=O)O[C@@H](Cc1c(Cl)c[n+]([O-])cc1Cl)c1ccc(OC(F)F)c(OCC3CC3)c1)C2=O.Cl.Cl.ClCCN1CCCCC1. The van der Waals surface area contributed by atoms with E-state index >= 15 is 0 Å². The molecule has 39 nitrogen and oxygen atoms in total. The van der Waals surface area contributed by atoms with Crippen molar-refractivity contribution in [3.8, 4) is 11.5 Å². The lowest BCUT2D eigenvalue weighted by molar-refractivity contribution is -0.605. The number of esters is 3. The first-order valence-corrected chi connectivity index (χ1v) is 57.1. The van der Waals surface area contributed by atoms with Gasteiger partial charge in [0.25, 0.3) is 47.3 Å². The van der Waals surface area contributed by atoms with Crippen molar-refractivity contribution in [3.63, 3.8) is 0 Å². The summed E-state index contributed by atoms with van der Waals surface area (Å²) in [7, 11) is -14.2. The van der Waals surface area contributed by atoms with Crippen molar-refractivity contribution in [1.29, 1.82) is 0 Å². The molecular weight excluding hydrogens is 2130 g/mol. The number of aliphatic carboxylic acids is 1. The van der Waals surface area contributed by atoms with Crippen molar-refractivity contribution < 1.29 is 134 Å². The van der Waals surface area contributed by atoms with E-state index < -0.39 is 161 Å². The molecular formula is C99H127Cl5F2N12O27S4. The van der Waals surface area contributed by atoms with Crippen molar-refractivity contribution in [2.75, 3.05) is 175 Å². The number of sulfone groups is 1. The molecule has 0 bridgehead atoms. The molecule has 1 N–H and O–H groups in total. The average molecular weight is 2260 g/mol. The van der Waals surface area contributed by atoms with E-state index in [0.717, 1.165) is 157 Å². The van der Waals surface area contributed by atoms with Gasteiger partial charge in [-0.15, -0.1) is 36.4 Å². The number of ether oxygens (including phenoxy) is 5. The van der Waals surface area contributed by atoms with Crippen LogP contribution in [-0.4, -0.2) is 329 Å². The van der Waals surface area contributed by atoms with Crippen LogP contribution in [0.4, 0.5) is 25.8 Å². The topological polar surface area (TPSA) is 470 Å². The van der Waals surface area contributed by atoms with Crippen molar-refractivity contribution in [1.82, 2.24) is 39.2 Å². The number of likely N-dealkylation sites (tertiary alicyclic amines) is 4. The van der Waals surface area contributed by atoms with Crippen molar-refractivity contribution in [2.24, 2.45) is 5.92 Å². The second kappa shape index (κ2) is 53.1. The number of alkyl halides is 3. The number of imide groups is 4. The predicted octanol–water partition coefficient (Wildman–Crippen LogP) is 11.6. The number of rotatable bonds is 36. The number of pyridine rings is 1. The van der Waals surface area contributed by atoms with Gasteiger partial charge in [0, 0.05) is 69.9 Å². The Morgan fingerprint density at radius 2 is 0.779 bits per heavy atom. The summed E-state index contributed by atoms with van der Waals surface area (Å²) < 4.78 is 155. The first-order chi connectivity index (χ1) is 69.0. The minimum absolute atomic E-state index is 0. The number of amides is 8. The maximum absolute atomic E-state index is 13.6. The minimum Gasteiger partial charge on any atom is -0.619 e. The first kappa shape index (κ1) is 122. The molecule has 8 aliphatic heterocycles. The summed E-state index contributed by atoms with van der Waals surface area (Å²) in [4.78, 5) is 162. The minimum atomic E-state index is -3.76. The number of benzene rings is 5. The maximum atomic E-state index is 13.6. The summed E-state index contributed by atoms with van der Waals surface area (Å²) >= 11 is 18.3. The fourth-order valence-electron chi connectivity index (χ4n) is 17.7. The third kappa shape index (κ3) is 34.7. The zero-order valence-corrected chi connectivity index (χ0v) is 91.6. The Labute approximate surface area is 893 Å². The molecule has 9 aliphatic rings. The normalized spacial score (nSPS) is 16.9. The van der Waals surface area contributed by atoms with Crippen LogP contribution in [0.2, 0.25) is 10.0 Å². The van der Waals surface area contributed by atoms with E-state index in [4.69, 9.17) is 58.9 Å². The number of nitrogens with zero attached hydrogens (tertiary/aromatic N) is 12. The Morgan fingerprint density at radius 3 is 1.10 bits per heavy atom. The molecule has 0 spiro atoms. The molecule has 5 fully saturated rings. The summed E-state index contributed by atoms with van der Waals surface area (Å²) in [5.74, 6) is -8.62. The number of sulfonamides is 3. The Morgan fingerprint density at radius 1 is 0.450 bits per heavy atom. The molecule has 0 unspecified atom stereocenters. The van der Waals surface area contributed by atoms with Gasteiger partial charge >= 0.3 is 30.5 Å². The number of aromatic nitrogens is 1. The van der Waals surface area contributed by atoms with Gasteiger partial charge in [-0.1, -0.05) is 61.0 Å². The van der Waals surface area contributed by atoms with E-state index in [1.807, 2.05) is 0 Å². The van der Waals surface area contributed by atoms with Crippen LogP contribution in [-0.2, 0) is 85.5 Å². The summed E-state index contributed by atoms with van der Waals surface area (Å²) in [6.07, 6.45) is 21.0. The molecule has 9 heterocycles. The lowest BCUT2D eigenvalue weighted by Gasteiger charge is -2.30. The Kier molecular flexibility index (Phi) is 43.5. The van der Waals surface area contributed by atoms with E-state index in [-0.39, 0.29) is 158 Å². The largest absolute Gasteiger partial charge is 0.619 e. The van der Waals surface area contributed by atoms with Crippen molar-refractivity contribution in [3.05, 3.63) is 180 Å². The Bertz CT molecular complexity index is 6390. The molecule has 8 amide bonds. The fourth-order valence-corrected chi connectivity index (χ4v) is 22.1. The number of hydrogen-bond donors (Lipinski definition) is 1. The van der Waals surface area contributed by atoms with E-state index in [1.165, 1.54) is 149 Å². The van der Waals surface area contributed by atoms with E-state index in [0.29, 0.717) is 45.4 Å². The first-order valence-electron chi connectivity index (χ1n) is 48.2. The molecule has 1 aliphatic carbocycles. The van der Waals surface area contributed by atoms with Crippen LogP contribution < -0.4 is 27.1 Å². The Balaban J connectivity index is 0.000000224. The monoisotopic (exact) mass is 2260 g/mol. The standard InChI is InChI=1S/C36H38Cl2F2N4O9S.C22H31N3O6S.C18H23N3O6S.C16H19NO6S.C7H14ClN.2ClH/c1-54(49,50)44(14-13-41-11-3-2-4-12-41)24-8-9-25-26(16-24)35(47)43(34(25)46)20-33(45)52-31(17-27-28(37)18-42(48)19-29(27)38)23-7-10-30(53-36(39)40)32(15-23)51-21-22-5-6-22;1-22(2,3)31-19(26)15-24-20(27)17-9-8-16(14-18(17)21(24)28)25(32(4,29)30)13-12-23-10-6-5-7-11-23;1-28(26,27)21(10-9-19-7-3-2-4-8-19)13-5-6-14-15(11-13)18(25)20(17(14)24)12-16(22)23;1-16(2,3)23-13(18)8-17-14(19)11-6-5-10(9-24(4,21)22)7-12(11)15(17)20;8-4-7-9-5-2-1-3-6-9;;/h7-10,15-16,18-19,22,31,36H,2-6,11-14,17,20-21H2,1H3;8-9,14H,5-7,10-13,15H2,1-4H3;5-6,11H,2-4,7-10,12H2,1H3,(H,22,23);5-7H,8-9H2,1-4H3;1-7H2;2*1H/t31-;;;;;;/m0....../s1. The molecule has 818 valence electrons. The fraction of sp³-hybridized carbons (Fsp3) is 0.525. The van der Waals surface area contributed by atoms with Gasteiger partial charge in [-0.2, -0.15) is 13.5 Å². The molecule has 6 aromatic rings. The highest BCUT2D eigenvalue weighted by Gasteiger charge is 2.44. The summed E-state index contributed by atoms with van der Waals surface area (Å²) in [6, 6.07) is 21.0. The van der Waals surface area contributed by atoms with Gasteiger partial charge in [-0.05, 0) is 254 Å². The van der Waals surface area contributed by atoms with Crippen LogP contribution in [0.1, 0.15) is 237 Å². The molecule has 1 atom stereocenters. The zero-order valence-electron chi connectivity index (χ0n) is 84.5. The lowest BCUT2D eigenvalue weighted by atomic mass is 10.0. The lowest BCUT2D eigenvalue weighted by Crippen LogP contribution is -2.40. The average Bonchev–Trinajstić information content (AvgIpc) is 1.62. The van der Waals surface area contributed by atoms with Crippen molar-refractivity contribution >= 4 is 188 Å². The third-order valence-corrected chi connectivity index (χ3v) is 30.1. The molecule has 149 heavy (non-hydrogen) atoms. The number of carbonyl (C=O) groups excluding carboxylic acids is 11.